The Balaban J connectivity index is 0.00000210. The molecule has 0 amide bonds. The van der Waals surface area contributed by atoms with E-state index in [9.17, 15) is 0 Å². The van der Waals surface area contributed by atoms with Crippen LogP contribution in [0.3, 0.4) is 0 Å². The highest BCUT2D eigenvalue weighted by molar-refractivity contribution is 5.85. The zero-order valence-corrected chi connectivity index (χ0v) is 16.3. The van der Waals surface area contributed by atoms with Gasteiger partial charge in [0.1, 0.15) is 0 Å². The molecule has 0 aliphatic carbocycles. The Labute approximate surface area is 168 Å². The van der Waals surface area contributed by atoms with E-state index in [1.54, 1.807) is 0 Å². The normalized spacial score (nSPS) is 14.5. The molecule has 138 valence electrons. The molecule has 2 heteroatoms. The number of nitrogens with zero attached hydrogens (tertiary/aromatic N) is 1. The van der Waals surface area contributed by atoms with Crippen LogP contribution < -0.4 is 0 Å². The zero-order chi connectivity index (χ0) is 17.6. The molecular formula is C25H26ClN. The summed E-state index contributed by atoms with van der Waals surface area (Å²) in [5.74, 6) is 0.420. The fourth-order valence-corrected chi connectivity index (χ4v) is 3.82. The average Bonchev–Trinajstić information content (AvgIpc) is 2.74. The van der Waals surface area contributed by atoms with E-state index in [1.807, 2.05) is 0 Å². The van der Waals surface area contributed by atoms with Crippen LogP contribution in [0.4, 0.5) is 0 Å². The minimum absolute atomic E-state index is 0. The second-order valence-corrected chi connectivity index (χ2v) is 6.98. The van der Waals surface area contributed by atoms with Gasteiger partial charge in [-0.1, -0.05) is 97.1 Å². The van der Waals surface area contributed by atoms with Gasteiger partial charge in [0.05, 0.1) is 0 Å². The summed E-state index contributed by atoms with van der Waals surface area (Å²) in [5, 5.41) is 0. The topological polar surface area (TPSA) is 3.24 Å². The smallest absolute Gasteiger partial charge is 0.0217 e. The van der Waals surface area contributed by atoms with Crippen LogP contribution in [0.5, 0.6) is 0 Å². The van der Waals surface area contributed by atoms with E-state index in [1.165, 1.54) is 22.3 Å². The molecule has 0 radical (unpaired) electrons. The van der Waals surface area contributed by atoms with Crippen molar-refractivity contribution in [1.29, 1.82) is 0 Å². The number of hydrogen-bond donors (Lipinski definition) is 0. The van der Waals surface area contributed by atoms with Crippen molar-refractivity contribution >= 4 is 18.0 Å². The number of rotatable bonds is 5. The lowest BCUT2D eigenvalue weighted by Crippen LogP contribution is -2.33. The molecule has 1 aliphatic heterocycles. The predicted molar refractivity (Wildman–Crippen MR) is 117 cm³/mol. The second-order valence-electron chi connectivity index (χ2n) is 6.98. The molecule has 0 saturated carbocycles. The average molecular weight is 376 g/mol. The van der Waals surface area contributed by atoms with Crippen LogP contribution in [0.25, 0.3) is 5.57 Å². The third-order valence-corrected chi connectivity index (χ3v) is 5.28. The van der Waals surface area contributed by atoms with E-state index >= 15 is 0 Å². The molecule has 1 nitrogen and oxygen atoms in total. The summed E-state index contributed by atoms with van der Waals surface area (Å²) in [6.07, 6.45) is 3.53. The Morgan fingerprint density at radius 1 is 0.704 bits per heavy atom. The van der Waals surface area contributed by atoms with Crippen LogP contribution in [-0.4, -0.2) is 24.5 Å². The highest BCUT2D eigenvalue weighted by atomic mass is 35.5. The molecule has 1 heterocycles. The Kier molecular flexibility index (Phi) is 6.86. The van der Waals surface area contributed by atoms with Crippen LogP contribution in [0.15, 0.2) is 97.1 Å². The Morgan fingerprint density at radius 2 is 1.22 bits per heavy atom. The molecule has 0 atom stereocenters. The lowest BCUT2D eigenvalue weighted by atomic mass is 9.90. The minimum Gasteiger partial charge on any atom is -0.298 e. The quantitative estimate of drug-likeness (QED) is 0.526. The molecule has 3 aromatic carbocycles. The van der Waals surface area contributed by atoms with Gasteiger partial charge in [0, 0.05) is 25.6 Å². The molecule has 0 saturated heterocycles. The van der Waals surface area contributed by atoms with Crippen LogP contribution >= 0.6 is 12.4 Å². The van der Waals surface area contributed by atoms with E-state index in [0.29, 0.717) is 5.92 Å². The van der Waals surface area contributed by atoms with Gasteiger partial charge in [0.2, 0.25) is 0 Å². The van der Waals surface area contributed by atoms with Crippen molar-refractivity contribution in [2.75, 3.05) is 19.6 Å². The van der Waals surface area contributed by atoms with Crippen LogP contribution in [-0.2, 0) is 0 Å². The fourth-order valence-electron chi connectivity index (χ4n) is 3.82. The summed E-state index contributed by atoms with van der Waals surface area (Å²) >= 11 is 0. The molecule has 0 bridgehead atoms. The van der Waals surface area contributed by atoms with Gasteiger partial charge in [-0.2, -0.15) is 0 Å². The van der Waals surface area contributed by atoms with Crippen molar-refractivity contribution in [2.45, 2.75) is 12.3 Å². The summed E-state index contributed by atoms with van der Waals surface area (Å²) in [6.45, 7) is 3.21. The SMILES string of the molecule is C1=C(c2ccccc2)CCN(CC(c2ccccc2)c2ccccc2)C1.Cl. The summed E-state index contributed by atoms with van der Waals surface area (Å²) in [5.41, 5.74) is 5.65. The summed E-state index contributed by atoms with van der Waals surface area (Å²) in [4.78, 5) is 2.58. The minimum atomic E-state index is 0. The maximum atomic E-state index is 2.58. The van der Waals surface area contributed by atoms with E-state index in [-0.39, 0.29) is 12.4 Å². The van der Waals surface area contributed by atoms with Crippen molar-refractivity contribution < 1.29 is 0 Å². The largest absolute Gasteiger partial charge is 0.298 e. The number of halogens is 1. The van der Waals surface area contributed by atoms with Gasteiger partial charge in [-0.25, -0.2) is 0 Å². The van der Waals surface area contributed by atoms with E-state index in [0.717, 1.165) is 26.1 Å². The van der Waals surface area contributed by atoms with Crippen LogP contribution in [0, 0.1) is 0 Å². The lowest BCUT2D eigenvalue weighted by molar-refractivity contribution is 0.292. The van der Waals surface area contributed by atoms with Gasteiger partial charge in [-0.3, -0.25) is 4.90 Å². The monoisotopic (exact) mass is 375 g/mol. The first kappa shape index (κ1) is 19.4. The third kappa shape index (κ3) is 4.88. The second kappa shape index (κ2) is 9.55. The van der Waals surface area contributed by atoms with E-state index in [4.69, 9.17) is 0 Å². The fraction of sp³-hybridized carbons (Fsp3) is 0.200. The molecular weight excluding hydrogens is 350 g/mol. The molecule has 0 N–H and O–H groups in total. The van der Waals surface area contributed by atoms with Crippen molar-refractivity contribution in [3.05, 3.63) is 114 Å². The van der Waals surface area contributed by atoms with Crippen molar-refractivity contribution in [3.63, 3.8) is 0 Å². The van der Waals surface area contributed by atoms with Crippen molar-refractivity contribution in [2.24, 2.45) is 0 Å². The maximum Gasteiger partial charge on any atom is 0.0217 e. The zero-order valence-electron chi connectivity index (χ0n) is 15.5. The van der Waals surface area contributed by atoms with Gasteiger partial charge < -0.3 is 0 Å². The van der Waals surface area contributed by atoms with Gasteiger partial charge >= 0.3 is 0 Å². The first-order chi connectivity index (χ1) is 12.9. The predicted octanol–water partition coefficient (Wildman–Crippen LogP) is 6.03. The Morgan fingerprint density at radius 3 is 1.70 bits per heavy atom. The van der Waals surface area contributed by atoms with Crippen LogP contribution in [0.1, 0.15) is 29.0 Å². The summed E-state index contributed by atoms with van der Waals surface area (Å²) in [6, 6.07) is 32.6. The van der Waals surface area contributed by atoms with Crippen LogP contribution in [0.2, 0.25) is 0 Å². The first-order valence-electron chi connectivity index (χ1n) is 9.47. The van der Waals surface area contributed by atoms with Crippen molar-refractivity contribution in [1.82, 2.24) is 4.90 Å². The Hall–Kier alpha value is -2.35. The summed E-state index contributed by atoms with van der Waals surface area (Å²) < 4.78 is 0. The molecule has 1 aliphatic rings. The standard InChI is InChI=1S/C25H25N.ClH/c1-4-10-21(11-5-1)22-16-18-26(19-17-22)20-25(23-12-6-2-7-13-23)24-14-8-3-9-15-24;/h1-16,25H,17-20H2;1H. The molecule has 4 rings (SSSR count). The molecule has 3 aromatic rings. The van der Waals surface area contributed by atoms with Gasteiger partial charge in [0.25, 0.3) is 0 Å². The molecule has 0 aromatic heterocycles. The van der Waals surface area contributed by atoms with Gasteiger partial charge in [-0.15, -0.1) is 12.4 Å². The van der Waals surface area contributed by atoms with E-state index < -0.39 is 0 Å². The first-order valence-corrected chi connectivity index (χ1v) is 9.47. The maximum absolute atomic E-state index is 2.58. The molecule has 0 unspecified atom stereocenters. The number of benzene rings is 3. The molecule has 0 spiro atoms. The highest BCUT2D eigenvalue weighted by Gasteiger charge is 2.20. The lowest BCUT2D eigenvalue weighted by Gasteiger charge is -2.31. The van der Waals surface area contributed by atoms with Gasteiger partial charge in [0.15, 0.2) is 0 Å². The summed E-state index contributed by atoms with van der Waals surface area (Å²) in [7, 11) is 0. The van der Waals surface area contributed by atoms with E-state index in [2.05, 4.69) is 102 Å². The molecule has 0 fully saturated rings. The molecule has 27 heavy (non-hydrogen) atoms. The van der Waals surface area contributed by atoms with Gasteiger partial charge in [-0.05, 0) is 28.7 Å². The van der Waals surface area contributed by atoms with Crippen molar-refractivity contribution in [3.8, 4) is 0 Å². The Bertz CT molecular complexity index is 804. The third-order valence-electron chi connectivity index (χ3n) is 5.28. The highest BCUT2D eigenvalue weighted by Crippen LogP contribution is 2.28. The number of hydrogen-bond acceptors (Lipinski definition) is 1.